The van der Waals surface area contributed by atoms with E-state index >= 15 is 0 Å². The van der Waals surface area contributed by atoms with Crippen LogP contribution in [0.25, 0.3) is 0 Å². The standard InChI is InChI=1S/C51H96NO8P/c1-6-8-10-12-14-16-18-20-21-22-23-24-25-26-27-28-29-30-31-32-34-36-38-40-42-44-51(54)60-49(48-59-61(55,56)58-46-45-52(3,4)5)47-57-50(53)43-41-39-37-35-33-19-17-15-13-11-9-7-2/h18,20,22-23,25-26,49H,6-17,19,21,24,27-48H2,1-5H3/b20-18-,23-22-,26-25-. The lowest BCUT2D eigenvalue weighted by atomic mass is 10.0. The fourth-order valence-corrected chi connectivity index (χ4v) is 7.69. The second-order valence-electron chi connectivity index (χ2n) is 18.2. The van der Waals surface area contributed by atoms with Crippen molar-refractivity contribution in [2.45, 2.75) is 232 Å². The molecule has 2 unspecified atom stereocenters. The molecule has 0 amide bonds. The number of phosphoric acid groups is 1. The van der Waals surface area contributed by atoms with Gasteiger partial charge in [-0.2, -0.15) is 0 Å². The molecule has 0 spiro atoms. The number of esters is 2. The molecule has 0 saturated heterocycles. The highest BCUT2D eigenvalue weighted by molar-refractivity contribution is 7.45. The molecule has 61 heavy (non-hydrogen) atoms. The van der Waals surface area contributed by atoms with Gasteiger partial charge < -0.3 is 27.9 Å². The van der Waals surface area contributed by atoms with Gasteiger partial charge in [0.2, 0.25) is 0 Å². The van der Waals surface area contributed by atoms with E-state index in [0.29, 0.717) is 17.4 Å². The molecule has 0 aliphatic heterocycles. The molecule has 10 heteroatoms. The topological polar surface area (TPSA) is 111 Å². The van der Waals surface area contributed by atoms with Crippen LogP contribution in [0.1, 0.15) is 226 Å². The summed E-state index contributed by atoms with van der Waals surface area (Å²) in [6, 6.07) is 0. The summed E-state index contributed by atoms with van der Waals surface area (Å²) in [5.41, 5.74) is 0. The van der Waals surface area contributed by atoms with Crippen molar-refractivity contribution in [1.29, 1.82) is 0 Å². The number of hydrogen-bond donors (Lipinski definition) is 0. The van der Waals surface area contributed by atoms with E-state index in [1.54, 1.807) is 0 Å². The Morgan fingerprint density at radius 3 is 1.31 bits per heavy atom. The number of allylic oxidation sites excluding steroid dienone is 6. The lowest BCUT2D eigenvalue weighted by Crippen LogP contribution is -2.37. The molecule has 0 aromatic carbocycles. The lowest BCUT2D eigenvalue weighted by Gasteiger charge is -2.28. The first-order valence-corrected chi connectivity index (χ1v) is 26.7. The maximum atomic E-state index is 12.7. The van der Waals surface area contributed by atoms with E-state index in [1.807, 2.05) is 21.1 Å². The Kier molecular flexibility index (Phi) is 42.2. The lowest BCUT2D eigenvalue weighted by molar-refractivity contribution is -0.870. The minimum absolute atomic E-state index is 0.0306. The molecule has 0 rings (SSSR count). The van der Waals surface area contributed by atoms with Crippen molar-refractivity contribution in [3.8, 4) is 0 Å². The van der Waals surface area contributed by atoms with Gasteiger partial charge in [0, 0.05) is 12.8 Å². The van der Waals surface area contributed by atoms with Crippen molar-refractivity contribution in [3.63, 3.8) is 0 Å². The number of unbranched alkanes of at least 4 members (excludes halogenated alkanes) is 26. The quantitative estimate of drug-likeness (QED) is 0.0195. The van der Waals surface area contributed by atoms with Gasteiger partial charge in [-0.1, -0.05) is 198 Å². The van der Waals surface area contributed by atoms with E-state index in [4.69, 9.17) is 18.5 Å². The van der Waals surface area contributed by atoms with Crippen LogP contribution in [0.15, 0.2) is 36.5 Å². The smallest absolute Gasteiger partial charge is 0.306 e. The third-order valence-corrected chi connectivity index (χ3v) is 11.9. The zero-order valence-electron chi connectivity index (χ0n) is 40.4. The molecule has 0 aliphatic carbocycles. The molecular formula is C51H96NO8P. The average Bonchev–Trinajstić information content (AvgIpc) is 3.21. The highest BCUT2D eigenvalue weighted by atomic mass is 31.2. The van der Waals surface area contributed by atoms with Crippen LogP contribution in [0.3, 0.4) is 0 Å². The molecule has 9 nitrogen and oxygen atoms in total. The van der Waals surface area contributed by atoms with Crippen molar-refractivity contribution < 1.29 is 42.1 Å². The normalized spacial score (nSPS) is 13.7. The second-order valence-corrected chi connectivity index (χ2v) is 19.6. The van der Waals surface area contributed by atoms with E-state index in [1.165, 1.54) is 135 Å². The third kappa shape index (κ3) is 47.5. The van der Waals surface area contributed by atoms with Crippen LogP contribution in [0.5, 0.6) is 0 Å². The molecule has 0 bridgehead atoms. The molecule has 0 aliphatic rings. The molecule has 0 fully saturated rings. The van der Waals surface area contributed by atoms with Crippen LogP contribution >= 0.6 is 7.82 Å². The zero-order valence-corrected chi connectivity index (χ0v) is 41.3. The minimum atomic E-state index is -4.63. The number of quaternary nitrogens is 1. The Labute approximate surface area is 376 Å². The number of ether oxygens (including phenoxy) is 2. The summed E-state index contributed by atoms with van der Waals surface area (Å²) in [7, 11) is 1.17. The van der Waals surface area contributed by atoms with Crippen molar-refractivity contribution in [2.75, 3.05) is 47.5 Å². The van der Waals surface area contributed by atoms with Crippen molar-refractivity contribution in [2.24, 2.45) is 0 Å². The molecule has 0 aromatic heterocycles. The summed E-state index contributed by atoms with van der Waals surface area (Å²) >= 11 is 0. The van der Waals surface area contributed by atoms with Gasteiger partial charge in [-0.25, -0.2) is 0 Å². The molecular weight excluding hydrogens is 786 g/mol. The van der Waals surface area contributed by atoms with Crippen LogP contribution in [-0.4, -0.2) is 70.0 Å². The average molecular weight is 882 g/mol. The van der Waals surface area contributed by atoms with Gasteiger partial charge in [-0.15, -0.1) is 0 Å². The summed E-state index contributed by atoms with van der Waals surface area (Å²) in [5.74, 6) is -0.832. The number of hydrogen-bond acceptors (Lipinski definition) is 8. The largest absolute Gasteiger partial charge is 0.756 e. The maximum Gasteiger partial charge on any atom is 0.306 e. The van der Waals surface area contributed by atoms with Crippen LogP contribution in [-0.2, 0) is 32.7 Å². The van der Waals surface area contributed by atoms with Crippen LogP contribution in [0, 0.1) is 0 Å². The third-order valence-electron chi connectivity index (χ3n) is 10.9. The number of phosphoric ester groups is 1. The number of likely N-dealkylation sites (N-methyl/N-ethyl adjacent to an activating group) is 1. The van der Waals surface area contributed by atoms with Crippen molar-refractivity contribution in [3.05, 3.63) is 36.5 Å². The van der Waals surface area contributed by atoms with Crippen molar-refractivity contribution in [1.82, 2.24) is 0 Å². The Hall–Kier alpha value is -1.77. The molecule has 0 radical (unpaired) electrons. The van der Waals surface area contributed by atoms with Gasteiger partial charge in [0.05, 0.1) is 27.7 Å². The van der Waals surface area contributed by atoms with Gasteiger partial charge in [0.25, 0.3) is 7.82 Å². The highest BCUT2D eigenvalue weighted by Crippen LogP contribution is 2.38. The van der Waals surface area contributed by atoms with E-state index in [-0.39, 0.29) is 32.0 Å². The number of nitrogens with zero attached hydrogens (tertiary/aromatic N) is 1. The summed E-state index contributed by atoms with van der Waals surface area (Å²) in [6.07, 6.45) is 50.3. The molecule has 0 aromatic rings. The first-order chi connectivity index (χ1) is 29.5. The van der Waals surface area contributed by atoms with Gasteiger partial charge in [0.15, 0.2) is 6.10 Å². The van der Waals surface area contributed by atoms with Crippen molar-refractivity contribution >= 4 is 19.8 Å². The van der Waals surface area contributed by atoms with Crippen LogP contribution in [0.4, 0.5) is 0 Å². The van der Waals surface area contributed by atoms with Gasteiger partial charge in [-0.3, -0.25) is 14.2 Å². The fourth-order valence-electron chi connectivity index (χ4n) is 6.96. The number of rotatable bonds is 46. The van der Waals surface area contributed by atoms with Gasteiger partial charge in [0.1, 0.15) is 19.8 Å². The minimum Gasteiger partial charge on any atom is -0.756 e. The Morgan fingerprint density at radius 2 is 0.885 bits per heavy atom. The second kappa shape index (κ2) is 43.5. The van der Waals surface area contributed by atoms with E-state index in [9.17, 15) is 19.0 Å². The SMILES string of the molecule is CCCCCCC/C=C\C/C=C\C/C=C\CCCCCCCCCCCCC(=O)OC(COC(=O)CCCCCCCCCCCCCC)COP(=O)([O-])OCC[N+](C)(C)C. The Bertz CT molecular complexity index is 1130. The first kappa shape index (κ1) is 59.2. The van der Waals surface area contributed by atoms with Crippen LogP contribution < -0.4 is 4.89 Å². The van der Waals surface area contributed by atoms with Gasteiger partial charge >= 0.3 is 11.9 Å². The summed E-state index contributed by atoms with van der Waals surface area (Å²) < 4.78 is 34.0. The fraction of sp³-hybridized carbons (Fsp3) is 0.843. The van der Waals surface area contributed by atoms with Gasteiger partial charge in [-0.05, 0) is 51.4 Å². The number of carbonyl (C=O) groups is 2. The predicted molar refractivity (Wildman–Crippen MR) is 254 cm³/mol. The Morgan fingerprint density at radius 1 is 0.508 bits per heavy atom. The van der Waals surface area contributed by atoms with E-state index in [2.05, 4.69) is 50.3 Å². The maximum absolute atomic E-state index is 12.7. The zero-order chi connectivity index (χ0) is 45.0. The molecule has 358 valence electrons. The van der Waals surface area contributed by atoms with E-state index < -0.39 is 26.5 Å². The summed E-state index contributed by atoms with van der Waals surface area (Å²) in [4.78, 5) is 37.6. The molecule has 0 N–H and O–H groups in total. The molecule has 0 heterocycles. The predicted octanol–water partition coefficient (Wildman–Crippen LogP) is 14.2. The number of carbonyl (C=O) groups excluding carboxylic acids is 2. The van der Waals surface area contributed by atoms with E-state index in [0.717, 1.165) is 57.8 Å². The Balaban J connectivity index is 4.20. The highest BCUT2D eigenvalue weighted by Gasteiger charge is 2.21. The monoisotopic (exact) mass is 882 g/mol. The van der Waals surface area contributed by atoms with Crippen LogP contribution in [0.2, 0.25) is 0 Å². The summed E-state index contributed by atoms with van der Waals surface area (Å²) in [5, 5.41) is 0. The molecule has 0 saturated carbocycles. The summed E-state index contributed by atoms with van der Waals surface area (Å²) in [6.45, 7) is 4.23. The first-order valence-electron chi connectivity index (χ1n) is 25.2. The molecule has 2 atom stereocenters.